The number of carbonyl (C=O) groups excluding carboxylic acids is 1. The molecule has 0 aliphatic rings. The molecule has 0 unspecified atom stereocenters. The molecule has 12 nitrogen and oxygen atoms in total. The monoisotopic (exact) mass is 364 g/mol. The van der Waals surface area contributed by atoms with Gasteiger partial charge >= 0.3 is 17.1 Å². The standard InChI is InChI=1S/C14H16N6O6/c15-7-25-6-4-2-1-3-5-18-12(22)19(9-17-10-21)14(24)20(13(18)23)11-26-8-16/h1-6,9,11H2. The molecule has 0 aliphatic heterocycles. The molecule has 0 bridgehead atoms. The number of nitrogens with zero attached hydrogens (tertiary/aromatic N) is 6. The van der Waals surface area contributed by atoms with Gasteiger partial charge in [0, 0.05) is 6.54 Å². The first-order valence-corrected chi connectivity index (χ1v) is 7.58. The third kappa shape index (κ3) is 5.47. The van der Waals surface area contributed by atoms with Gasteiger partial charge in [0.2, 0.25) is 6.08 Å². The van der Waals surface area contributed by atoms with Crippen LogP contribution in [0.4, 0.5) is 0 Å². The van der Waals surface area contributed by atoms with Gasteiger partial charge in [-0.15, -0.1) is 0 Å². The van der Waals surface area contributed by atoms with Gasteiger partial charge in [-0.1, -0.05) is 6.42 Å². The Morgan fingerprint density at radius 3 is 2.12 bits per heavy atom. The Kier molecular flexibility index (Phi) is 8.65. The zero-order valence-electron chi connectivity index (χ0n) is 13.8. The minimum Gasteiger partial charge on any atom is -0.428 e. The van der Waals surface area contributed by atoms with Gasteiger partial charge in [0.25, 0.3) is 12.5 Å². The summed E-state index contributed by atoms with van der Waals surface area (Å²) in [4.78, 5) is 50.2. The molecule has 0 saturated heterocycles. The van der Waals surface area contributed by atoms with Gasteiger partial charge in [-0.05, 0) is 19.3 Å². The van der Waals surface area contributed by atoms with E-state index in [9.17, 15) is 19.2 Å². The van der Waals surface area contributed by atoms with E-state index >= 15 is 0 Å². The largest absolute Gasteiger partial charge is 0.428 e. The van der Waals surface area contributed by atoms with Gasteiger partial charge in [-0.3, -0.25) is 0 Å². The summed E-state index contributed by atoms with van der Waals surface area (Å²) < 4.78 is 10.9. The summed E-state index contributed by atoms with van der Waals surface area (Å²) in [7, 11) is 0. The molecule has 0 aromatic carbocycles. The van der Waals surface area contributed by atoms with Crippen molar-refractivity contribution in [2.75, 3.05) is 6.61 Å². The fourth-order valence-corrected chi connectivity index (χ4v) is 2.14. The van der Waals surface area contributed by atoms with Crippen molar-refractivity contribution in [2.45, 2.75) is 45.6 Å². The number of isocyanates is 1. The van der Waals surface area contributed by atoms with Crippen molar-refractivity contribution in [3.05, 3.63) is 31.5 Å². The number of ether oxygens (including phenoxy) is 2. The second kappa shape index (κ2) is 11.0. The van der Waals surface area contributed by atoms with Crippen molar-refractivity contribution in [1.82, 2.24) is 13.7 Å². The zero-order valence-corrected chi connectivity index (χ0v) is 13.8. The molecule has 0 fully saturated rings. The van der Waals surface area contributed by atoms with Crippen LogP contribution in [0.3, 0.4) is 0 Å². The smallest absolute Gasteiger partial charge is 0.340 e. The van der Waals surface area contributed by atoms with Crippen LogP contribution >= 0.6 is 0 Å². The maximum atomic E-state index is 12.3. The Bertz CT molecular complexity index is 908. The Morgan fingerprint density at radius 2 is 1.46 bits per heavy atom. The van der Waals surface area contributed by atoms with Crippen LogP contribution < -0.4 is 17.1 Å². The maximum Gasteiger partial charge on any atom is 0.340 e. The number of hydrogen-bond acceptors (Lipinski definition) is 9. The Morgan fingerprint density at radius 1 is 0.846 bits per heavy atom. The van der Waals surface area contributed by atoms with Crippen LogP contribution in [0.15, 0.2) is 19.4 Å². The Labute approximate surface area is 146 Å². The van der Waals surface area contributed by atoms with Crippen molar-refractivity contribution in [3.63, 3.8) is 0 Å². The molecule has 0 saturated carbocycles. The predicted octanol–water partition coefficient (Wildman–Crippen LogP) is -1.02. The fourth-order valence-electron chi connectivity index (χ4n) is 2.14. The summed E-state index contributed by atoms with van der Waals surface area (Å²) >= 11 is 0. The second-order valence-electron chi connectivity index (χ2n) is 4.96. The third-order valence-corrected chi connectivity index (χ3v) is 3.36. The molecule has 0 atom stereocenters. The van der Waals surface area contributed by atoms with Gasteiger partial charge in [-0.2, -0.15) is 15.5 Å². The summed E-state index contributed by atoms with van der Waals surface area (Å²) in [5, 5.41) is 16.7. The predicted molar refractivity (Wildman–Crippen MR) is 84.1 cm³/mol. The van der Waals surface area contributed by atoms with Gasteiger partial charge in [0.1, 0.15) is 13.3 Å². The number of unbranched alkanes of at least 4 members (excludes halogenated alkanes) is 3. The van der Waals surface area contributed by atoms with Crippen LogP contribution in [0.2, 0.25) is 0 Å². The lowest BCUT2D eigenvalue weighted by atomic mass is 10.2. The van der Waals surface area contributed by atoms with Crippen LogP contribution in [0.1, 0.15) is 25.7 Å². The highest BCUT2D eigenvalue weighted by atomic mass is 16.5. The van der Waals surface area contributed by atoms with E-state index in [1.807, 2.05) is 0 Å². The van der Waals surface area contributed by atoms with Crippen molar-refractivity contribution in [2.24, 2.45) is 4.99 Å². The highest BCUT2D eigenvalue weighted by Crippen LogP contribution is 2.00. The summed E-state index contributed by atoms with van der Waals surface area (Å²) in [5.41, 5.74) is -2.88. The normalized spacial score (nSPS) is 9.62. The number of nitriles is 2. The van der Waals surface area contributed by atoms with E-state index < -0.39 is 30.5 Å². The molecule has 0 N–H and O–H groups in total. The first-order chi connectivity index (χ1) is 12.6. The Hall–Kier alpha value is -3.63. The van der Waals surface area contributed by atoms with Crippen molar-refractivity contribution < 1.29 is 14.3 Å². The van der Waals surface area contributed by atoms with Crippen LogP contribution in [0.25, 0.3) is 0 Å². The average Bonchev–Trinajstić information content (AvgIpc) is 2.63. The molecule has 0 aliphatic carbocycles. The van der Waals surface area contributed by atoms with E-state index in [-0.39, 0.29) is 6.54 Å². The van der Waals surface area contributed by atoms with Gasteiger partial charge in [-0.25, -0.2) is 32.9 Å². The zero-order chi connectivity index (χ0) is 19.4. The van der Waals surface area contributed by atoms with Crippen molar-refractivity contribution in [1.29, 1.82) is 10.5 Å². The van der Waals surface area contributed by atoms with Crippen molar-refractivity contribution >= 4 is 6.08 Å². The molecule has 0 amide bonds. The van der Waals surface area contributed by atoms with Crippen LogP contribution in [0.5, 0.6) is 0 Å². The molecular weight excluding hydrogens is 348 g/mol. The highest BCUT2D eigenvalue weighted by Gasteiger charge is 2.15. The van der Waals surface area contributed by atoms with E-state index in [0.717, 1.165) is 11.0 Å². The lowest BCUT2D eigenvalue weighted by molar-refractivity contribution is 0.175. The second-order valence-corrected chi connectivity index (χ2v) is 4.96. The molecule has 12 heteroatoms. The fraction of sp³-hybridized carbons (Fsp3) is 0.571. The molecule has 1 heterocycles. The third-order valence-electron chi connectivity index (χ3n) is 3.36. The Balaban J connectivity index is 3.02. The summed E-state index contributed by atoms with van der Waals surface area (Å²) in [5.74, 6) is 0. The summed E-state index contributed by atoms with van der Waals surface area (Å²) in [6.45, 7) is -0.942. The van der Waals surface area contributed by atoms with Gasteiger partial charge < -0.3 is 9.47 Å². The van der Waals surface area contributed by atoms with Gasteiger partial charge in [0.05, 0.1) is 0 Å². The molecule has 26 heavy (non-hydrogen) atoms. The lowest BCUT2D eigenvalue weighted by Crippen LogP contribution is -2.54. The SMILES string of the molecule is N#COCCCCCCn1c(=O)n(CN=C=O)c(=O)n(COC#N)c1=O. The number of hydrogen-bond donors (Lipinski definition) is 0. The minimum atomic E-state index is -1.04. The molecule has 138 valence electrons. The van der Waals surface area contributed by atoms with E-state index in [1.54, 1.807) is 6.26 Å². The molecule has 1 rings (SSSR count). The first kappa shape index (κ1) is 20.4. The first-order valence-electron chi connectivity index (χ1n) is 7.58. The number of aliphatic imine (C=N–C) groups is 1. The maximum absolute atomic E-state index is 12.3. The van der Waals surface area contributed by atoms with E-state index in [4.69, 9.17) is 10.5 Å². The van der Waals surface area contributed by atoms with E-state index in [1.165, 1.54) is 12.3 Å². The number of rotatable bonds is 11. The number of aromatic nitrogens is 3. The molecule has 1 aromatic heterocycles. The molecule has 1 aromatic rings. The molecular formula is C14H16N6O6. The van der Waals surface area contributed by atoms with Gasteiger partial charge in [0.15, 0.2) is 6.73 Å². The molecule has 0 radical (unpaired) electrons. The summed E-state index contributed by atoms with van der Waals surface area (Å²) in [6.07, 6.45) is 6.57. The minimum absolute atomic E-state index is 0.0222. The average molecular weight is 364 g/mol. The topological polar surface area (TPSA) is 161 Å². The lowest BCUT2D eigenvalue weighted by Gasteiger charge is -2.11. The summed E-state index contributed by atoms with van der Waals surface area (Å²) in [6, 6.07) is 0. The van der Waals surface area contributed by atoms with E-state index in [2.05, 4.69) is 14.5 Å². The quantitative estimate of drug-likeness (QED) is 0.208. The van der Waals surface area contributed by atoms with Crippen molar-refractivity contribution in [3.8, 4) is 12.5 Å². The van der Waals surface area contributed by atoms with Crippen LogP contribution in [-0.2, 0) is 34.2 Å². The van der Waals surface area contributed by atoms with Crippen LogP contribution in [-0.4, -0.2) is 26.4 Å². The highest BCUT2D eigenvalue weighted by molar-refractivity contribution is 5.32. The molecule has 0 spiro atoms. The van der Waals surface area contributed by atoms with E-state index in [0.29, 0.717) is 35.0 Å². The van der Waals surface area contributed by atoms with Crippen LogP contribution in [0, 0.1) is 23.0 Å².